The minimum absolute atomic E-state index is 0.283. The molecule has 1 aromatic carbocycles. The van der Waals surface area contributed by atoms with E-state index >= 15 is 0 Å². The lowest BCUT2D eigenvalue weighted by Gasteiger charge is -2.05. The molecular formula is C14H19N3O2. The average Bonchev–Trinajstić information content (AvgIpc) is 2.89. The van der Waals surface area contributed by atoms with Gasteiger partial charge in [-0.1, -0.05) is 42.4 Å². The van der Waals surface area contributed by atoms with Crippen LogP contribution in [0.1, 0.15) is 36.7 Å². The van der Waals surface area contributed by atoms with E-state index in [1.165, 1.54) is 0 Å². The first-order valence-corrected chi connectivity index (χ1v) is 6.49. The van der Waals surface area contributed by atoms with Crippen LogP contribution in [0.25, 0.3) is 0 Å². The summed E-state index contributed by atoms with van der Waals surface area (Å²) in [5, 5.41) is 3.86. The molecule has 0 spiro atoms. The molecule has 0 bridgehead atoms. The van der Waals surface area contributed by atoms with Gasteiger partial charge in [0.1, 0.15) is 6.61 Å². The summed E-state index contributed by atoms with van der Waals surface area (Å²) in [4.78, 5) is 4.25. The van der Waals surface area contributed by atoms with Crippen LogP contribution >= 0.6 is 0 Å². The molecule has 5 nitrogen and oxygen atoms in total. The van der Waals surface area contributed by atoms with Crippen molar-refractivity contribution >= 4 is 0 Å². The van der Waals surface area contributed by atoms with Crippen LogP contribution < -0.4 is 5.73 Å². The van der Waals surface area contributed by atoms with Gasteiger partial charge >= 0.3 is 0 Å². The van der Waals surface area contributed by atoms with Crippen molar-refractivity contribution in [3.63, 3.8) is 0 Å². The Labute approximate surface area is 112 Å². The number of nitrogens with two attached hydrogens (primary N) is 1. The first kappa shape index (κ1) is 13.7. The molecule has 0 radical (unpaired) electrons. The molecule has 1 atom stereocenters. The zero-order chi connectivity index (χ0) is 13.5. The van der Waals surface area contributed by atoms with E-state index in [0.29, 0.717) is 31.3 Å². The van der Waals surface area contributed by atoms with Crippen LogP contribution in [0.5, 0.6) is 0 Å². The van der Waals surface area contributed by atoms with E-state index in [2.05, 4.69) is 17.1 Å². The molecule has 0 aliphatic carbocycles. The van der Waals surface area contributed by atoms with Gasteiger partial charge in [0.05, 0.1) is 6.04 Å². The molecule has 0 amide bonds. The summed E-state index contributed by atoms with van der Waals surface area (Å²) in [7, 11) is 0. The molecule has 0 fully saturated rings. The number of hydrogen-bond donors (Lipinski definition) is 1. The smallest absolute Gasteiger partial charge is 0.243 e. The van der Waals surface area contributed by atoms with Gasteiger partial charge in [-0.15, -0.1) is 0 Å². The normalized spacial score (nSPS) is 12.5. The van der Waals surface area contributed by atoms with Crippen molar-refractivity contribution < 1.29 is 9.26 Å². The van der Waals surface area contributed by atoms with Crippen molar-refractivity contribution in [3.05, 3.63) is 47.6 Å². The van der Waals surface area contributed by atoms with Gasteiger partial charge in [-0.05, 0) is 18.4 Å². The topological polar surface area (TPSA) is 74.2 Å². The largest absolute Gasteiger partial charge is 0.373 e. The van der Waals surface area contributed by atoms with Gasteiger partial charge in [0.15, 0.2) is 5.82 Å². The van der Waals surface area contributed by atoms with E-state index in [4.69, 9.17) is 15.0 Å². The molecule has 0 aliphatic heterocycles. The van der Waals surface area contributed by atoms with Crippen molar-refractivity contribution in [2.24, 2.45) is 5.73 Å². The zero-order valence-electron chi connectivity index (χ0n) is 11.1. The molecule has 0 saturated heterocycles. The predicted molar refractivity (Wildman–Crippen MR) is 71.3 cm³/mol. The van der Waals surface area contributed by atoms with E-state index in [1.54, 1.807) is 0 Å². The molecule has 0 saturated carbocycles. The summed E-state index contributed by atoms with van der Waals surface area (Å²) in [6.45, 7) is 3.12. The SMILES string of the molecule is CCCOCc1noc([C@H](N)Cc2ccccc2)n1. The van der Waals surface area contributed by atoms with Crippen molar-refractivity contribution in [2.45, 2.75) is 32.4 Å². The van der Waals surface area contributed by atoms with E-state index in [-0.39, 0.29) is 6.04 Å². The van der Waals surface area contributed by atoms with Gasteiger partial charge in [-0.2, -0.15) is 4.98 Å². The van der Waals surface area contributed by atoms with Gasteiger partial charge in [0, 0.05) is 6.61 Å². The predicted octanol–water partition coefficient (Wildman–Crippen LogP) is 2.24. The van der Waals surface area contributed by atoms with Gasteiger partial charge in [-0.25, -0.2) is 0 Å². The Kier molecular flexibility index (Phi) is 5.06. The highest BCUT2D eigenvalue weighted by molar-refractivity contribution is 5.16. The number of ether oxygens (including phenoxy) is 1. The number of rotatable bonds is 7. The van der Waals surface area contributed by atoms with Crippen molar-refractivity contribution in [1.29, 1.82) is 0 Å². The summed E-state index contributed by atoms with van der Waals surface area (Å²) in [5.41, 5.74) is 7.21. The second-order valence-electron chi connectivity index (χ2n) is 4.40. The van der Waals surface area contributed by atoms with E-state index in [9.17, 15) is 0 Å². The molecule has 2 N–H and O–H groups in total. The average molecular weight is 261 g/mol. The van der Waals surface area contributed by atoms with Gasteiger partial charge in [-0.3, -0.25) is 0 Å². The number of hydrogen-bond acceptors (Lipinski definition) is 5. The minimum Gasteiger partial charge on any atom is -0.373 e. The first-order chi connectivity index (χ1) is 9.29. The second-order valence-corrected chi connectivity index (χ2v) is 4.40. The fraction of sp³-hybridized carbons (Fsp3) is 0.429. The van der Waals surface area contributed by atoms with Crippen molar-refractivity contribution in [2.75, 3.05) is 6.61 Å². The maximum Gasteiger partial charge on any atom is 0.243 e. The minimum atomic E-state index is -0.283. The summed E-state index contributed by atoms with van der Waals surface area (Å²) < 4.78 is 10.5. The van der Waals surface area contributed by atoms with Crippen LogP contribution in [-0.2, 0) is 17.8 Å². The lowest BCUT2D eigenvalue weighted by molar-refractivity contribution is 0.114. The third-order valence-corrected chi connectivity index (χ3v) is 2.68. The summed E-state index contributed by atoms with van der Waals surface area (Å²) in [6.07, 6.45) is 1.65. The lowest BCUT2D eigenvalue weighted by Crippen LogP contribution is -2.13. The van der Waals surface area contributed by atoms with E-state index < -0.39 is 0 Å². The monoisotopic (exact) mass is 261 g/mol. The van der Waals surface area contributed by atoms with Crippen molar-refractivity contribution in [1.82, 2.24) is 10.1 Å². The van der Waals surface area contributed by atoms with Crippen LogP contribution in [0.2, 0.25) is 0 Å². The third-order valence-electron chi connectivity index (χ3n) is 2.68. The molecule has 1 heterocycles. The molecule has 19 heavy (non-hydrogen) atoms. The molecule has 0 aliphatic rings. The first-order valence-electron chi connectivity index (χ1n) is 6.49. The molecule has 102 valence electrons. The summed E-state index contributed by atoms with van der Waals surface area (Å²) in [6, 6.07) is 9.73. The fourth-order valence-corrected chi connectivity index (χ4v) is 1.74. The number of nitrogens with zero attached hydrogens (tertiary/aromatic N) is 2. The summed E-state index contributed by atoms with van der Waals surface area (Å²) in [5.74, 6) is 1.01. The van der Waals surface area contributed by atoms with Gasteiger partial charge < -0.3 is 15.0 Å². The Morgan fingerprint density at radius 3 is 2.84 bits per heavy atom. The van der Waals surface area contributed by atoms with Crippen LogP contribution in [0.3, 0.4) is 0 Å². The number of benzene rings is 1. The van der Waals surface area contributed by atoms with Gasteiger partial charge in [0.2, 0.25) is 5.89 Å². The highest BCUT2D eigenvalue weighted by Crippen LogP contribution is 2.14. The number of aromatic nitrogens is 2. The molecular weight excluding hydrogens is 242 g/mol. The zero-order valence-corrected chi connectivity index (χ0v) is 11.1. The van der Waals surface area contributed by atoms with Crippen LogP contribution in [0, 0.1) is 0 Å². The quantitative estimate of drug-likeness (QED) is 0.774. The fourth-order valence-electron chi connectivity index (χ4n) is 1.74. The highest BCUT2D eigenvalue weighted by atomic mass is 16.5. The Morgan fingerprint density at radius 1 is 1.32 bits per heavy atom. The maximum absolute atomic E-state index is 6.06. The second kappa shape index (κ2) is 7.01. The molecule has 2 aromatic rings. The van der Waals surface area contributed by atoms with Crippen LogP contribution in [0.4, 0.5) is 0 Å². The van der Waals surface area contributed by atoms with Crippen LogP contribution in [-0.4, -0.2) is 16.7 Å². The Bertz CT molecular complexity index is 484. The standard InChI is InChI=1S/C14H19N3O2/c1-2-8-18-10-13-16-14(19-17-13)12(15)9-11-6-4-3-5-7-11/h3-7,12H,2,8-10,15H2,1H3/t12-/m1/s1. The Hall–Kier alpha value is -1.72. The summed E-state index contributed by atoms with van der Waals surface area (Å²) >= 11 is 0. The van der Waals surface area contributed by atoms with E-state index in [0.717, 1.165) is 12.0 Å². The third kappa shape index (κ3) is 4.15. The molecule has 5 heteroatoms. The van der Waals surface area contributed by atoms with Gasteiger partial charge in [0.25, 0.3) is 0 Å². The Balaban J connectivity index is 1.90. The lowest BCUT2D eigenvalue weighted by atomic mass is 10.1. The van der Waals surface area contributed by atoms with E-state index in [1.807, 2.05) is 30.3 Å². The van der Waals surface area contributed by atoms with Crippen molar-refractivity contribution in [3.8, 4) is 0 Å². The Morgan fingerprint density at radius 2 is 2.11 bits per heavy atom. The highest BCUT2D eigenvalue weighted by Gasteiger charge is 2.15. The molecule has 0 unspecified atom stereocenters. The molecule has 2 rings (SSSR count). The molecule has 1 aromatic heterocycles. The van der Waals surface area contributed by atoms with Crippen LogP contribution in [0.15, 0.2) is 34.9 Å². The maximum atomic E-state index is 6.06.